The second kappa shape index (κ2) is 9.29. The zero-order valence-electron chi connectivity index (χ0n) is 19.7. The highest BCUT2D eigenvalue weighted by Gasteiger charge is 2.53. The maximum atomic E-state index is 12.4. The third-order valence-electron chi connectivity index (χ3n) is 7.01. The number of aromatic hydroxyl groups is 1. The molecule has 0 fully saturated rings. The van der Waals surface area contributed by atoms with Gasteiger partial charge in [-0.15, -0.1) is 0 Å². The van der Waals surface area contributed by atoms with Gasteiger partial charge in [-0.1, -0.05) is 26.0 Å². The molecule has 3 N–H and O–H groups in total. The van der Waals surface area contributed by atoms with E-state index in [0.29, 0.717) is 12.2 Å². The van der Waals surface area contributed by atoms with Crippen molar-refractivity contribution in [2.75, 3.05) is 13.6 Å². The highest BCUT2D eigenvalue weighted by molar-refractivity contribution is 5.86. The molecule has 1 amide bonds. The number of hydrogen-bond acceptors (Lipinski definition) is 7. The molecule has 0 radical (unpaired) electrons. The van der Waals surface area contributed by atoms with Gasteiger partial charge in [0.1, 0.15) is 18.2 Å². The highest BCUT2D eigenvalue weighted by atomic mass is 16.5. The van der Waals surface area contributed by atoms with E-state index in [0.717, 1.165) is 30.6 Å². The molecule has 0 saturated heterocycles. The number of hydrogen-bond donors (Lipinski definition) is 3. The van der Waals surface area contributed by atoms with Crippen molar-refractivity contribution in [3.63, 3.8) is 0 Å². The Balaban J connectivity index is 1.40. The summed E-state index contributed by atoms with van der Waals surface area (Å²) in [7, 11) is 2.07. The summed E-state index contributed by atoms with van der Waals surface area (Å²) in [6.45, 7) is 5.04. The maximum absolute atomic E-state index is 12.4. The molecular weight excluding hydrogens is 440 g/mol. The van der Waals surface area contributed by atoms with Gasteiger partial charge in [-0.2, -0.15) is 0 Å². The van der Waals surface area contributed by atoms with Crippen LogP contribution in [-0.2, 0) is 31.1 Å². The molecule has 1 aliphatic carbocycles. The highest BCUT2D eigenvalue weighted by Crippen LogP contribution is 2.55. The zero-order chi connectivity index (χ0) is 24.6. The first-order valence-electron chi connectivity index (χ1n) is 11.7. The molecule has 2 heterocycles. The van der Waals surface area contributed by atoms with Gasteiger partial charge in [-0.25, -0.2) is 4.79 Å². The third-order valence-corrected chi connectivity index (χ3v) is 7.01. The average Bonchev–Trinajstić information content (AvgIpc) is 3.04. The lowest BCUT2D eigenvalue weighted by Crippen LogP contribution is -2.44. The van der Waals surface area contributed by atoms with Crippen LogP contribution >= 0.6 is 0 Å². The molecule has 4 atom stereocenters. The fourth-order valence-corrected chi connectivity index (χ4v) is 5.20. The number of rotatable bonds is 7. The van der Waals surface area contributed by atoms with Crippen LogP contribution in [-0.4, -0.2) is 64.8 Å². The SMILES string of the molecule is CC(C)[C@H](NC(=O)CCC(=O)OC1C=C[C@@]23CCN(C)Cc4ccc(O)c(c42)OC3C1)C(=O)O. The Bertz CT molecular complexity index is 1020. The summed E-state index contributed by atoms with van der Waals surface area (Å²) in [6, 6.07) is 2.61. The summed E-state index contributed by atoms with van der Waals surface area (Å²) in [4.78, 5) is 38.0. The first-order valence-corrected chi connectivity index (χ1v) is 11.7. The number of carbonyl (C=O) groups excluding carboxylic acids is 2. The zero-order valence-corrected chi connectivity index (χ0v) is 19.7. The number of phenols is 1. The van der Waals surface area contributed by atoms with Crippen molar-refractivity contribution in [1.29, 1.82) is 0 Å². The number of esters is 1. The molecule has 9 nitrogen and oxygen atoms in total. The monoisotopic (exact) mass is 472 g/mol. The molecule has 0 bridgehead atoms. The fourth-order valence-electron chi connectivity index (χ4n) is 5.20. The van der Waals surface area contributed by atoms with E-state index >= 15 is 0 Å². The van der Waals surface area contributed by atoms with Gasteiger partial charge in [-0.05, 0) is 43.6 Å². The summed E-state index contributed by atoms with van der Waals surface area (Å²) in [5.41, 5.74) is 1.78. The first kappa shape index (κ1) is 24.1. The molecule has 9 heteroatoms. The van der Waals surface area contributed by atoms with Gasteiger partial charge in [0.25, 0.3) is 0 Å². The molecule has 0 aromatic heterocycles. The van der Waals surface area contributed by atoms with Gasteiger partial charge >= 0.3 is 11.9 Å². The number of aliphatic carboxylic acids is 1. The number of nitrogens with zero attached hydrogens (tertiary/aromatic N) is 1. The van der Waals surface area contributed by atoms with Crippen LogP contribution < -0.4 is 10.1 Å². The minimum atomic E-state index is -1.11. The van der Waals surface area contributed by atoms with Gasteiger partial charge in [-0.3, -0.25) is 9.59 Å². The molecule has 184 valence electrons. The molecule has 2 unspecified atom stereocenters. The molecule has 1 aromatic rings. The average molecular weight is 473 g/mol. The van der Waals surface area contributed by atoms with Gasteiger partial charge < -0.3 is 29.9 Å². The number of carbonyl (C=O) groups is 3. The van der Waals surface area contributed by atoms with Gasteiger partial charge in [0, 0.05) is 24.9 Å². The van der Waals surface area contributed by atoms with E-state index in [2.05, 4.69) is 23.3 Å². The second-order valence-corrected chi connectivity index (χ2v) is 9.83. The van der Waals surface area contributed by atoms with Crippen LogP contribution in [0.5, 0.6) is 11.5 Å². The molecule has 3 aliphatic rings. The normalized spacial score (nSPS) is 26.1. The van der Waals surface area contributed by atoms with E-state index in [9.17, 15) is 24.6 Å². The Morgan fingerprint density at radius 1 is 1.29 bits per heavy atom. The summed E-state index contributed by atoms with van der Waals surface area (Å²) >= 11 is 0. The van der Waals surface area contributed by atoms with E-state index in [4.69, 9.17) is 9.47 Å². The fraction of sp³-hybridized carbons (Fsp3) is 0.560. The first-order chi connectivity index (χ1) is 16.1. The van der Waals surface area contributed by atoms with Crippen molar-refractivity contribution >= 4 is 17.8 Å². The maximum Gasteiger partial charge on any atom is 0.326 e. The number of carboxylic acids is 1. The smallest absolute Gasteiger partial charge is 0.326 e. The van der Waals surface area contributed by atoms with Gasteiger partial charge in [0.2, 0.25) is 5.91 Å². The molecule has 1 aromatic carbocycles. The Kier molecular flexibility index (Phi) is 6.58. The van der Waals surface area contributed by atoms with Crippen molar-refractivity contribution < 1.29 is 34.1 Å². The van der Waals surface area contributed by atoms with E-state index in [1.165, 1.54) is 0 Å². The Morgan fingerprint density at radius 2 is 2.06 bits per heavy atom. The number of phenolic OH excluding ortho intramolecular Hbond substituents is 1. The van der Waals surface area contributed by atoms with Gasteiger partial charge in [0.15, 0.2) is 11.5 Å². The van der Waals surface area contributed by atoms with Crippen molar-refractivity contribution in [1.82, 2.24) is 10.2 Å². The van der Waals surface area contributed by atoms with Crippen LogP contribution in [0.4, 0.5) is 0 Å². The Morgan fingerprint density at radius 3 is 2.76 bits per heavy atom. The quantitative estimate of drug-likeness (QED) is 0.407. The molecule has 4 rings (SSSR count). The molecule has 0 saturated carbocycles. The Labute approximate surface area is 198 Å². The minimum absolute atomic E-state index is 0.117. The predicted molar refractivity (Wildman–Crippen MR) is 122 cm³/mol. The van der Waals surface area contributed by atoms with E-state index in [1.54, 1.807) is 19.9 Å². The predicted octanol–water partition coefficient (Wildman–Crippen LogP) is 2.10. The molecular formula is C25H32N2O7. The van der Waals surface area contributed by atoms with E-state index in [1.807, 2.05) is 12.1 Å². The van der Waals surface area contributed by atoms with E-state index in [-0.39, 0.29) is 36.0 Å². The summed E-state index contributed by atoms with van der Waals surface area (Å²) < 4.78 is 11.8. The summed E-state index contributed by atoms with van der Waals surface area (Å²) in [6.07, 6.45) is 4.14. The molecule has 34 heavy (non-hydrogen) atoms. The lowest BCUT2D eigenvalue weighted by Gasteiger charge is -2.36. The van der Waals surface area contributed by atoms with Crippen LogP contribution in [0, 0.1) is 5.92 Å². The lowest BCUT2D eigenvalue weighted by molar-refractivity contribution is -0.149. The molecule has 1 spiro atoms. The Hall–Kier alpha value is -3.07. The van der Waals surface area contributed by atoms with Crippen molar-refractivity contribution in [2.45, 2.75) is 69.7 Å². The summed E-state index contributed by atoms with van der Waals surface area (Å²) in [5, 5.41) is 22.1. The van der Waals surface area contributed by atoms with Crippen LogP contribution in [0.1, 0.15) is 50.7 Å². The van der Waals surface area contributed by atoms with Crippen molar-refractivity contribution in [3.05, 3.63) is 35.4 Å². The number of nitrogens with one attached hydrogen (secondary N) is 1. The largest absolute Gasteiger partial charge is 0.504 e. The van der Waals surface area contributed by atoms with Crippen molar-refractivity contribution in [2.24, 2.45) is 5.92 Å². The number of carboxylic acid groups (broad SMARTS) is 1. The number of ether oxygens (including phenoxy) is 2. The topological polar surface area (TPSA) is 125 Å². The van der Waals surface area contributed by atoms with Crippen LogP contribution in [0.2, 0.25) is 0 Å². The van der Waals surface area contributed by atoms with Gasteiger partial charge in [0.05, 0.1) is 11.8 Å². The van der Waals surface area contributed by atoms with Crippen LogP contribution in [0.25, 0.3) is 0 Å². The minimum Gasteiger partial charge on any atom is -0.504 e. The lowest BCUT2D eigenvalue weighted by atomic mass is 9.69. The second-order valence-electron chi connectivity index (χ2n) is 9.83. The van der Waals surface area contributed by atoms with Crippen molar-refractivity contribution in [3.8, 4) is 11.5 Å². The van der Waals surface area contributed by atoms with E-state index < -0.39 is 30.0 Å². The third kappa shape index (κ3) is 4.49. The number of benzene rings is 1. The van der Waals surface area contributed by atoms with Crippen LogP contribution in [0.15, 0.2) is 24.3 Å². The van der Waals surface area contributed by atoms with Crippen LogP contribution in [0.3, 0.4) is 0 Å². The standard InChI is InChI=1S/C25H32N2O7/c1-14(2)22(24(31)32)26-19(29)6-7-20(30)33-16-8-9-25-10-11-27(3)13-15-4-5-17(28)23(21(15)25)34-18(25)12-16/h4-5,8-9,14,16,18,22,28H,6-7,10-13H2,1-3H3,(H,26,29)(H,31,32)/t16?,18?,22-,25-/m0/s1. The summed E-state index contributed by atoms with van der Waals surface area (Å²) in [5.74, 6) is -1.78. The molecule has 2 aliphatic heterocycles. The number of amides is 1.